The molecular weight excluding hydrogens is 220 g/mol. The molecule has 88 valence electrons. The van der Waals surface area contributed by atoms with Crippen LogP contribution in [0.1, 0.15) is 17.3 Å². The van der Waals surface area contributed by atoms with Crippen LogP contribution < -0.4 is 5.73 Å². The van der Waals surface area contributed by atoms with Crippen molar-refractivity contribution in [1.29, 1.82) is 0 Å². The first-order valence-corrected chi connectivity index (χ1v) is 4.51. The first kappa shape index (κ1) is 12.4. The van der Waals surface area contributed by atoms with Crippen LogP contribution in [0.4, 0.5) is 14.5 Å². The third kappa shape index (κ3) is 2.90. The van der Waals surface area contributed by atoms with E-state index in [4.69, 9.17) is 10.8 Å². The molecule has 4 nitrogen and oxygen atoms in total. The molecule has 0 spiro atoms. The monoisotopic (exact) mass is 231 g/mol. The highest BCUT2D eigenvalue weighted by Gasteiger charge is 2.16. The van der Waals surface area contributed by atoms with Crippen molar-refractivity contribution in [3.05, 3.63) is 29.3 Å². The van der Waals surface area contributed by atoms with E-state index in [1.165, 1.54) is 6.92 Å². The molecule has 0 fully saturated rings. The maximum absolute atomic E-state index is 13.2. The van der Waals surface area contributed by atoms with Crippen LogP contribution in [-0.2, 0) is 4.74 Å². The molecule has 0 heterocycles. The summed E-state index contributed by atoms with van der Waals surface area (Å²) in [6.07, 6.45) is -0.870. The Morgan fingerprint density at radius 3 is 2.69 bits per heavy atom. The smallest absolute Gasteiger partial charge is 0.341 e. The van der Waals surface area contributed by atoms with E-state index >= 15 is 0 Å². The van der Waals surface area contributed by atoms with Gasteiger partial charge in [0.15, 0.2) is 0 Å². The molecule has 0 saturated heterocycles. The molecule has 1 atom stereocenters. The third-order valence-electron chi connectivity index (χ3n) is 1.76. The van der Waals surface area contributed by atoms with Crippen LogP contribution in [0, 0.1) is 11.6 Å². The summed E-state index contributed by atoms with van der Waals surface area (Å²) in [5.74, 6) is -2.91. The number of aliphatic hydroxyl groups is 1. The number of anilines is 1. The molecule has 1 aromatic rings. The lowest BCUT2D eigenvalue weighted by Gasteiger charge is -2.08. The molecule has 0 radical (unpaired) electrons. The number of benzene rings is 1. The van der Waals surface area contributed by atoms with E-state index in [0.29, 0.717) is 12.1 Å². The molecule has 6 heteroatoms. The van der Waals surface area contributed by atoms with Crippen LogP contribution in [-0.4, -0.2) is 23.8 Å². The number of aliphatic hydroxyl groups excluding tert-OH is 1. The third-order valence-corrected chi connectivity index (χ3v) is 1.76. The second-order valence-corrected chi connectivity index (χ2v) is 3.30. The molecule has 1 unspecified atom stereocenters. The fourth-order valence-corrected chi connectivity index (χ4v) is 0.993. The van der Waals surface area contributed by atoms with Gasteiger partial charge in [0.1, 0.15) is 18.2 Å². The van der Waals surface area contributed by atoms with E-state index in [-0.39, 0.29) is 12.3 Å². The summed E-state index contributed by atoms with van der Waals surface area (Å²) in [7, 11) is 0. The van der Waals surface area contributed by atoms with Gasteiger partial charge < -0.3 is 15.6 Å². The van der Waals surface area contributed by atoms with Crippen LogP contribution in [0.2, 0.25) is 0 Å². The Hall–Kier alpha value is -1.69. The topological polar surface area (TPSA) is 72.5 Å². The highest BCUT2D eigenvalue weighted by atomic mass is 19.1. The molecular formula is C10H11F2NO3. The lowest BCUT2D eigenvalue weighted by atomic mass is 10.2. The van der Waals surface area contributed by atoms with Crippen molar-refractivity contribution < 1.29 is 23.4 Å². The van der Waals surface area contributed by atoms with Gasteiger partial charge in [0.25, 0.3) is 0 Å². The van der Waals surface area contributed by atoms with E-state index in [9.17, 15) is 13.6 Å². The molecule has 1 aromatic carbocycles. The Kier molecular flexibility index (Phi) is 3.78. The summed E-state index contributed by atoms with van der Waals surface area (Å²) in [6, 6.07) is 1.36. The minimum Gasteiger partial charge on any atom is -0.459 e. The van der Waals surface area contributed by atoms with Crippen molar-refractivity contribution in [1.82, 2.24) is 0 Å². The number of esters is 1. The van der Waals surface area contributed by atoms with E-state index in [1.54, 1.807) is 0 Å². The first-order chi connectivity index (χ1) is 7.41. The zero-order chi connectivity index (χ0) is 12.3. The van der Waals surface area contributed by atoms with Crippen molar-refractivity contribution in [2.24, 2.45) is 0 Å². The SMILES string of the molecule is CC(O)COC(=O)c1cc(F)c(N)cc1F. The highest BCUT2D eigenvalue weighted by Crippen LogP contribution is 2.17. The number of carbonyl (C=O) groups excluding carboxylic acids is 1. The number of halogens is 2. The molecule has 16 heavy (non-hydrogen) atoms. The minimum atomic E-state index is -1.04. The lowest BCUT2D eigenvalue weighted by molar-refractivity contribution is 0.0291. The zero-order valence-corrected chi connectivity index (χ0v) is 8.54. The summed E-state index contributed by atoms with van der Waals surface area (Å²) >= 11 is 0. The normalized spacial score (nSPS) is 12.2. The van der Waals surface area contributed by atoms with E-state index in [2.05, 4.69) is 4.74 Å². The van der Waals surface area contributed by atoms with Crippen molar-refractivity contribution >= 4 is 11.7 Å². The van der Waals surface area contributed by atoms with Gasteiger partial charge in [0.2, 0.25) is 0 Å². The number of hydrogen-bond acceptors (Lipinski definition) is 4. The molecule has 0 aliphatic heterocycles. The van der Waals surface area contributed by atoms with Gasteiger partial charge in [-0.1, -0.05) is 0 Å². The molecule has 0 aromatic heterocycles. The molecule has 3 N–H and O–H groups in total. The van der Waals surface area contributed by atoms with Crippen LogP contribution in [0.15, 0.2) is 12.1 Å². The van der Waals surface area contributed by atoms with E-state index in [0.717, 1.165) is 0 Å². The Balaban J connectivity index is 2.87. The number of carbonyl (C=O) groups is 1. The second kappa shape index (κ2) is 4.89. The van der Waals surface area contributed by atoms with Crippen LogP contribution in [0.25, 0.3) is 0 Å². The first-order valence-electron chi connectivity index (χ1n) is 4.51. The maximum Gasteiger partial charge on any atom is 0.341 e. The quantitative estimate of drug-likeness (QED) is 0.603. The van der Waals surface area contributed by atoms with Crippen molar-refractivity contribution in [2.75, 3.05) is 12.3 Å². The Labute approximate surface area is 90.6 Å². The largest absolute Gasteiger partial charge is 0.459 e. The summed E-state index contributed by atoms with van der Waals surface area (Å²) in [5, 5.41) is 8.85. The number of nitrogens with two attached hydrogens (primary N) is 1. The number of ether oxygens (including phenoxy) is 1. The molecule has 0 amide bonds. The summed E-state index contributed by atoms with van der Waals surface area (Å²) in [4.78, 5) is 11.3. The standard InChI is InChI=1S/C10H11F2NO3/c1-5(14)4-16-10(15)6-2-8(12)9(13)3-7(6)11/h2-3,5,14H,4,13H2,1H3. The van der Waals surface area contributed by atoms with Gasteiger partial charge in [0.05, 0.1) is 17.4 Å². The van der Waals surface area contributed by atoms with Gasteiger partial charge in [-0.15, -0.1) is 0 Å². The lowest BCUT2D eigenvalue weighted by Crippen LogP contribution is -2.16. The molecule has 0 aliphatic carbocycles. The average Bonchev–Trinajstić information content (AvgIpc) is 2.20. The van der Waals surface area contributed by atoms with Gasteiger partial charge >= 0.3 is 5.97 Å². The fourth-order valence-electron chi connectivity index (χ4n) is 0.993. The summed E-state index contributed by atoms with van der Waals surface area (Å²) in [6.45, 7) is 1.11. The number of nitrogen functional groups attached to an aromatic ring is 1. The second-order valence-electron chi connectivity index (χ2n) is 3.30. The van der Waals surface area contributed by atoms with Crippen molar-refractivity contribution in [2.45, 2.75) is 13.0 Å². The van der Waals surface area contributed by atoms with E-state index < -0.39 is 29.3 Å². The minimum absolute atomic E-state index is 0.287. The Morgan fingerprint density at radius 1 is 1.50 bits per heavy atom. The predicted octanol–water partition coefficient (Wildman–Crippen LogP) is 1.08. The molecule has 0 bridgehead atoms. The molecule has 1 rings (SSSR count). The van der Waals surface area contributed by atoms with Crippen molar-refractivity contribution in [3.8, 4) is 0 Å². The summed E-state index contributed by atoms with van der Waals surface area (Å²) in [5.41, 5.74) is 4.17. The number of hydrogen-bond donors (Lipinski definition) is 2. The highest BCUT2D eigenvalue weighted by molar-refractivity contribution is 5.90. The van der Waals surface area contributed by atoms with Gasteiger partial charge in [-0.25, -0.2) is 13.6 Å². The van der Waals surface area contributed by atoms with Crippen LogP contribution in [0.5, 0.6) is 0 Å². The predicted molar refractivity (Wildman–Crippen MR) is 52.7 cm³/mol. The Bertz CT molecular complexity index is 407. The van der Waals surface area contributed by atoms with Gasteiger partial charge in [-0.3, -0.25) is 0 Å². The fraction of sp³-hybridized carbons (Fsp3) is 0.300. The van der Waals surface area contributed by atoms with Gasteiger partial charge in [0, 0.05) is 6.07 Å². The number of rotatable bonds is 3. The zero-order valence-electron chi connectivity index (χ0n) is 8.54. The van der Waals surface area contributed by atoms with Crippen LogP contribution in [0.3, 0.4) is 0 Å². The average molecular weight is 231 g/mol. The van der Waals surface area contributed by atoms with Crippen LogP contribution >= 0.6 is 0 Å². The van der Waals surface area contributed by atoms with Crippen molar-refractivity contribution in [3.63, 3.8) is 0 Å². The maximum atomic E-state index is 13.2. The molecule has 0 saturated carbocycles. The summed E-state index contributed by atoms with van der Waals surface area (Å²) < 4.78 is 30.7. The van der Waals surface area contributed by atoms with Gasteiger partial charge in [-0.2, -0.15) is 0 Å². The molecule has 0 aliphatic rings. The van der Waals surface area contributed by atoms with Gasteiger partial charge in [-0.05, 0) is 13.0 Å². The van der Waals surface area contributed by atoms with E-state index in [1.807, 2.05) is 0 Å². The Morgan fingerprint density at radius 2 is 2.12 bits per heavy atom.